The Morgan fingerprint density at radius 3 is 1.96 bits per heavy atom. The Hall–Kier alpha value is 0.390. The van der Waals surface area contributed by atoms with Gasteiger partial charge >= 0.3 is 5.97 Å². The second-order valence-corrected chi connectivity index (χ2v) is 9.31. The van der Waals surface area contributed by atoms with Crippen molar-refractivity contribution in [3.8, 4) is 0 Å². The molecule has 5 heteroatoms. The number of hydrogen-bond acceptors (Lipinski definition) is 3. The van der Waals surface area contributed by atoms with Crippen LogP contribution in [0.4, 0.5) is 0 Å². The average molecular weight is 470 g/mol. The van der Waals surface area contributed by atoms with Crippen molar-refractivity contribution in [1.82, 2.24) is 0 Å². The van der Waals surface area contributed by atoms with Crippen molar-refractivity contribution in [2.24, 2.45) is 0 Å². The van der Waals surface area contributed by atoms with Gasteiger partial charge in [-0.25, -0.2) is 4.79 Å². The molecule has 0 aromatic heterocycles. The summed E-state index contributed by atoms with van der Waals surface area (Å²) >= 11 is 7.68. The van der Waals surface area contributed by atoms with E-state index in [1.807, 2.05) is 0 Å². The molecule has 0 radical (unpaired) electrons. The average Bonchev–Trinajstić information content (AvgIpc) is 3.37. The van der Waals surface area contributed by atoms with Crippen LogP contribution >= 0.6 is 31.9 Å². The maximum atomic E-state index is 11.6. The molecule has 142 valence electrons. The number of epoxide rings is 1. The molecule has 3 atom stereocenters. The van der Waals surface area contributed by atoms with Gasteiger partial charge in [-0.05, 0) is 25.7 Å². The Bertz CT molecular complexity index is 346. The molecular weight excluding hydrogens is 436 g/mol. The van der Waals surface area contributed by atoms with Gasteiger partial charge in [0.15, 0.2) is 5.60 Å². The molecule has 0 aromatic rings. The number of carbonyl (C=O) groups excluding carboxylic acids is 1. The molecule has 0 aromatic carbocycles. The first-order chi connectivity index (χ1) is 11.6. The summed E-state index contributed by atoms with van der Waals surface area (Å²) in [6.45, 7) is 2.79. The molecule has 24 heavy (non-hydrogen) atoms. The van der Waals surface area contributed by atoms with Crippen molar-refractivity contribution < 1.29 is 14.3 Å². The highest BCUT2D eigenvalue weighted by molar-refractivity contribution is 9.12. The third-order valence-corrected chi connectivity index (χ3v) is 7.74. The minimum Gasteiger partial charge on any atom is -0.467 e. The van der Waals surface area contributed by atoms with Gasteiger partial charge in [-0.3, -0.25) is 0 Å². The number of halogens is 2. The number of esters is 1. The fourth-order valence-corrected chi connectivity index (χ4v) is 4.22. The van der Waals surface area contributed by atoms with Gasteiger partial charge in [-0.1, -0.05) is 90.2 Å². The summed E-state index contributed by atoms with van der Waals surface area (Å²) in [6, 6.07) is 0. The van der Waals surface area contributed by atoms with Crippen LogP contribution in [0.2, 0.25) is 0 Å². The van der Waals surface area contributed by atoms with Crippen molar-refractivity contribution in [2.45, 2.75) is 99.2 Å². The highest BCUT2D eigenvalue weighted by atomic mass is 79.9. The van der Waals surface area contributed by atoms with Gasteiger partial charge in [0.1, 0.15) is 0 Å². The van der Waals surface area contributed by atoms with E-state index in [4.69, 9.17) is 9.47 Å². The smallest absolute Gasteiger partial charge is 0.340 e. The summed E-state index contributed by atoms with van der Waals surface area (Å²) in [7, 11) is 1.43. The van der Waals surface area contributed by atoms with Gasteiger partial charge in [-0.15, -0.1) is 0 Å². The lowest BCUT2D eigenvalue weighted by atomic mass is 10.0. The van der Waals surface area contributed by atoms with Crippen LogP contribution in [0, 0.1) is 0 Å². The highest BCUT2D eigenvalue weighted by Gasteiger charge is 2.52. The number of alkyl halides is 2. The molecule has 0 amide bonds. The van der Waals surface area contributed by atoms with Crippen LogP contribution in [0.15, 0.2) is 0 Å². The van der Waals surface area contributed by atoms with Crippen LogP contribution in [0.5, 0.6) is 0 Å². The normalized spacial score (nSPS) is 22.2. The lowest BCUT2D eigenvalue weighted by molar-refractivity contribution is -0.147. The van der Waals surface area contributed by atoms with Gasteiger partial charge in [0.25, 0.3) is 0 Å². The van der Waals surface area contributed by atoms with Crippen molar-refractivity contribution in [1.29, 1.82) is 0 Å². The van der Waals surface area contributed by atoms with Crippen molar-refractivity contribution >= 4 is 37.8 Å². The Balaban J connectivity index is 1.97. The predicted octanol–water partition coefficient (Wildman–Crippen LogP) is 6.16. The Morgan fingerprint density at radius 1 is 1.00 bits per heavy atom. The summed E-state index contributed by atoms with van der Waals surface area (Å²) < 4.78 is 10.1. The Morgan fingerprint density at radius 2 is 1.50 bits per heavy atom. The van der Waals surface area contributed by atoms with E-state index in [0.29, 0.717) is 16.3 Å². The number of unbranched alkanes of at least 4 members (excludes halogenated alkanes) is 7. The zero-order valence-electron chi connectivity index (χ0n) is 15.3. The molecule has 1 aliphatic heterocycles. The van der Waals surface area contributed by atoms with Gasteiger partial charge in [0, 0.05) is 9.65 Å². The van der Waals surface area contributed by atoms with E-state index in [0.717, 1.165) is 19.3 Å². The summed E-state index contributed by atoms with van der Waals surface area (Å²) in [5.41, 5.74) is -0.592. The molecule has 0 aliphatic carbocycles. The minimum atomic E-state index is -0.592. The molecule has 0 saturated carbocycles. The first-order valence-corrected chi connectivity index (χ1v) is 11.4. The lowest BCUT2D eigenvalue weighted by Gasteiger charge is -2.16. The molecule has 0 bridgehead atoms. The van der Waals surface area contributed by atoms with E-state index < -0.39 is 5.60 Å². The van der Waals surface area contributed by atoms with Crippen LogP contribution in [-0.4, -0.2) is 34.9 Å². The summed E-state index contributed by atoms with van der Waals surface area (Å²) in [4.78, 5) is 12.7. The van der Waals surface area contributed by atoms with E-state index in [1.165, 1.54) is 64.9 Å². The molecule has 1 aliphatic rings. The van der Waals surface area contributed by atoms with Crippen LogP contribution < -0.4 is 0 Å². The number of ether oxygens (including phenoxy) is 2. The lowest BCUT2D eigenvalue weighted by Crippen LogP contribution is -2.25. The van der Waals surface area contributed by atoms with Gasteiger partial charge in [-0.2, -0.15) is 0 Å². The topological polar surface area (TPSA) is 38.8 Å². The Labute approximate surface area is 164 Å². The third-order valence-electron chi connectivity index (χ3n) is 4.84. The maximum Gasteiger partial charge on any atom is 0.340 e. The van der Waals surface area contributed by atoms with Crippen molar-refractivity contribution in [3.63, 3.8) is 0 Å². The van der Waals surface area contributed by atoms with Gasteiger partial charge in [0.05, 0.1) is 13.7 Å². The second-order valence-electron chi connectivity index (χ2n) is 6.96. The van der Waals surface area contributed by atoms with Crippen molar-refractivity contribution in [2.75, 3.05) is 13.7 Å². The molecule has 3 unspecified atom stereocenters. The third kappa shape index (κ3) is 8.66. The number of hydrogen-bond donors (Lipinski definition) is 0. The molecular formula is C19H34Br2O3. The number of rotatable bonds is 15. The standard InChI is InChI=1S/C19H34Br2O3/c1-3-4-5-6-9-12-16(20)17(21)13-10-7-8-11-14-19(15-24-19)18(22)23-2/h16-17H,3-15H2,1-2H3. The zero-order valence-corrected chi connectivity index (χ0v) is 18.5. The first-order valence-electron chi connectivity index (χ1n) is 9.56. The fraction of sp³-hybridized carbons (Fsp3) is 0.947. The summed E-state index contributed by atoms with van der Waals surface area (Å²) in [5.74, 6) is -0.205. The molecule has 1 fully saturated rings. The van der Waals surface area contributed by atoms with E-state index in [1.54, 1.807) is 0 Å². The largest absolute Gasteiger partial charge is 0.467 e. The molecule has 0 N–H and O–H groups in total. The monoisotopic (exact) mass is 468 g/mol. The minimum absolute atomic E-state index is 0.205. The number of methoxy groups -OCH3 is 1. The summed E-state index contributed by atoms with van der Waals surface area (Å²) in [6.07, 6.45) is 14.7. The Kier molecular flexibility index (Phi) is 11.9. The fourth-order valence-electron chi connectivity index (χ4n) is 3.05. The van der Waals surface area contributed by atoms with Crippen LogP contribution in [0.25, 0.3) is 0 Å². The van der Waals surface area contributed by atoms with Gasteiger partial charge < -0.3 is 9.47 Å². The summed E-state index contributed by atoms with van der Waals surface area (Å²) in [5, 5.41) is 0. The second kappa shape index (κ2) is 12.7. The maximum absolute atomic E-state index is 11.6. The molecule has 3 nitrogen and oxygen atoms in total. The van der Waals surface area contributed by atoms with E-state index in [-0.39, 0.29) is 5.97 Å². The zero-order chi connectivity index (χ0) is 17.8. The molecule has 0 spiro atoms. The quantitative estimate of drug-likeness (QED) is 0.125. The van der Waals surface area contributed by atoms with E-state index in [9.17, 15) is 4.79 Å². The van der Waals surface area contributed by atoms with E-state index in [2.05, 4.69) is 38.8 Å². The highest BCUT2D eigenvalue weighted by Crippen LogP contribution is 2.34. The van der Waals surface area contributed by atoms with Crippen LogP contribution in [0.1, 0.15) is 84.0 Å². The molecule has 1 saturated heterocycles. The van der Waals surface area contributed by atoms with Crippen LogP contribution in [-0.2, 0) is 14.3 Å². The van der Waals surface area contributed by atoms with Crippen LogP contribution in [0.3, 0.4) is 0 Å². The molecule has 1 rings (SSSR count). The van der Waals surface area contributed by atoms with E-state index >= 15 is 0 Å². The first kappa shape index (κ1) is 22.4. The van der Waals surface area contributed by atoms with Crippen molar-refractivity contribution in [3.05, 3.63) is 0 Å². The number of carbonyl (C=O) groups is 1. The SMILES string of the molecule is CCCCCCCC(Br)C(Br)CCCCCCC1(C(=O)OC)CO1. The van der Waals surface area contributed by atoms with Gasteiger partial charge in [0.2, 0.25) is 0 Å². The molecule has 1 heterocycles. The predicted molar refractivity (Wildman–Crippen MR) is 107 cm³/mol.